The van der Waals surface area contributed by atoms with Gasteiger partial charge < -0.3 is 44.4 Å². The first-order chi connectivity index (χ1) is 22.3. The number of nitrogens with zero attached hydrogens (tertiary/aromatic N) is 2. The number of esters is 1. The van der Waals surface area contributed by atoms with E-state index in [9.17, 15) is 30.0 Å². The van der Waals surface area contributed by atoms with Gasteiger partial charge in [0.1, 0.15) is 12.2 Å². The number of aliphatic hydroxyl groups excluding tert-OH is 4. The predicted octanol–water partition coefficient (Wildman–Crippen LogP) is 2.69. The lowest BCUT2D eigenvalue weighted by Crippen LogP contribution is -2.63. The zero-order chi connectivity index (χ0) is 34.8. The zero-order valence-corrected chi connectivity index (χ0v) is 29.7. The maximum atomic E-state index is 13.5. The van der Waals surface area contributed by atoms with Gasteiger partial charge in [-0.3, -0.25) is 9.59 Å². The Morgan fingerprint density at radius 2 is 1.70 bits per heavy atom. The van der Waals surface area contributed by atoms with Crippen molar-refractivity contribution in [3.63, 3.8) is 0 Å². The highest BCUT2D eigenvalue weighted by Crippen LogP contribution is 2.35. The van der Waals surface area contributed by atoms with E-state index < -0.39 is 66.8 Å². The van der Waals surface area contributed by atoms with Crippen molar-refractivity contribution >= 4 is 11.8 Å². The SMILES string of the molecule is CC[C@H]1OC(=O)C[C@@H](O)[C@H](C)[C@@H](O[C@@H]2O[C@H](C)[C@@H](O)[C@H](N(C)C)C2O)[C@@H](CCN2CCCCC2)C[C@@H](C)C(=O)/C=C/C(C)=C/[C@@H]1CO. The van der Waals surface area contributed by atoms with Crippen molar-refractivity contribution in [3.8, 4) is 0 Å². The molecule has 12 atom stereocenters. The van der Waals surface area contributed by atoms with Crippen molar-refractivity contribution < 1.29 is 44.2 Å². The minimum atomic E-state index is -1.19. The normalized spacial score (nSPS) is 40.9. The molecule has 47 heavy (non-hydrogen) atoms. The number of piperidine rings is 1. The predicted molar refractivity (Wildman–Crippen MR) is 179 cm³/mol. The number of carbonyl (C=O) groups excluding carboxylic acids is 2. The third-order valence-electron chi connectivity index (χ3n) is 10.4. The number of likely N-dealkylation sites (N-methyl/N-ethyl adjacent to an activating group) is 1. The lowest BCUT2D eigenvalue weighted by Gasteiger charge is -2.47. The highest BCUT2D eigenvalue weighted by Gasteiger charge is 2.47. The van der Waals surface area contributed by atoms with Gasteiger partial charge in [-0.15, -0.1) is 0 Å². The van der Waals surface area contributed by atoms with Gasteiger partial charge in [-0.05, 0) is 91.7 Å². The van der Waals surface area contributed by atoms with Crippen molar-refractivity contribution in [2.45, 2.75) is 129 Å². The number of allylic oxidation sites excluding steroid dienone is 3. The molecule has 0 radical (unpaired) electrons. The van der Waals surface area contributed by atoms with E-state index in [0.717, 1.165) is 38.0 Å². The van der Waals surface area contributed by atoms with Gasteiger partial charge in [-0.1, -0.05) is 44.9 Å². The first-order valence-corrected chi connectivity index (χ1v) is 17.7. The molecule has 2 fully saturated rings. The number of hydrogen-bond donors (Lipinski definition) is 4. The summed E-state index contributed by atoms with van der Waals surface area (Å²) >= 11 is 0. The van der Waals surface area contributed by atoms with Gasteiger partial charge in [0.25, 0.3) is 0 Å². The number of cyclic esters (lactones) is 1. The third kappa shape index (κ3) is 11.2. The maximum absolute atomic E-state index is 13.5. The van der Waals surface area contributed by atoms with E-state index in [0.29, 0.717) is 19.3 Å². The van der Waals surface area contributed by atoms with E-state index in [4.69, 9.17) is 14.2 Å². The highest BCUT2D eigenvalue weighted by atomic mass is 16.7. The largest absolute Gasteiger partial charge is 0.462 e. The first-order valence-electron chi connectivity index (χ1n) is 17.7. The molecule has 0 aromatic rings. The average molecular weight is 667 g/mol. The molecule has 0 amide bonds. The van der Waals surface area contributed by atoms with Crippen LogP contribution in [0.25, 0.3) is 0 Å². The van der Waals surface area contributed by atoms with Crippen LogP contribution in [0.1, 0.15) is 79.6 Å². The molecule has 0 bridgehead atoms. The Morgan fingerprint density at radius 3 is 2.32 bits per heavy atom. The van der Waals surface area contributed by atoms with Crippen LogP contribution in [0.5, 0.6) is 0 Å². The fourth-order valence-electron chi connectivity index (χ4n) is 7.39. The first kappa shape index (κ1) is 39.7. The number of rotatable bonds is 8. The summed E-state index contributed by atoms with van der Waals surface area (Å²) in [5.41, 5.74) is 0.776. The summed E-state index contributed by atoms with van der Waals surface area (Å²) in [6.45, 7) is 11.7. The van der Waals surface area contributed by atoms with Crippen molar-refractivity contribution in [2.24, 2.45) is 23.7 Å². The molecule has 0 aromatic heterocycles. The van der Waals surface area contributed by atoms with E-state index in [1.165, 1.54) is 6.42 Å². The molecule has 270 valence electrons. The number of hydrogen-bond acceptors (Lipinski definition) is 11. The molecule has 3 heterocycles. The Morgan fingerprint density at radius 1 is 1.02 bits per heavy atom. The van der Waals surface area contributed by atoms with Gasteiger partial charge in [0.15, 0.2) is 12.1 Å². The summed E-state index contributed by atoms with van der Waals surface area (Å²) in [6.07, 6.45) is 3.61. The van der Waals surface area contributed by atoms with Crippen LogP contribution in [0.4, 0.5) is 0 Å². The summed E-state index contributed by atoms with van der Waals surface area (Å²) in [5.74, 6) is -2.29. The topological polar surface area (TPSA) is 149 Å². The van der Waals surface area contributed by atoms with Crippen LogP contribution in [-0.2, 0) is 23.8 Å². The van der Waals surface area contributed by atoms with E-state index in [-0.39, 0.29) is 30.6 Å². The standard InChI is InChI=1S/C36H62N2O9/c1-8-30-27(21-39)18-22(2)12-13-28(40)23(3)19-26(14-17-38-15-10-9-11-16-38)35(24(4)29(41)20-31(42)46-30)47-36-34(44)32(37(6)7)33(43)25(5)45-36/h12-13,18,23-27,29-30,32-36,39,41,43-44H,8-11,14-17,19-21H2,1-7H3/b13-12+,22-18+/t23-,24+,25-,26+,27-,29-,30-,32+,33-,34?,35-,36+/m1/s1. The van der Waals surface area contributed by atoms with E-state index >= 15 is 0 Å². The number of ether oxygens (including phenoxy) is 3. The summed E-state index contributed by atoms with van der Waals surface area (Å²) in [5, 5.41) is 43.9. The van der Waals surface area contributed by atoms with Crippen LogP contribution in [0.3, 0.4) is 0 Å². The average Bonchev–Trinajstić information content (AvgIpc) is 3.04. The molecule has 0 aromatic carbocycles. The monoisotopic (exact) mass is 666 g/mol. The minimum absolute atomic E-state index is 0.0443. The Bertz CT molecular complexity index is 1050. The van der Waals surface area contributed by atoms with Crippen LogP contribution in [0, 0.1) is 23.7 Å². The third-order valence-corrected chi connectivity index (χ3v) is 10.4. The van der Waals surface area contributed by atoms with Gasteiger partial charge in [-0.25, -0.2) is 0 Å². The van der Waals surface area contributed by atoms with Crippen molar-refractivity contribution in [2.75, 3.05) is 40.3 Å². The Hall–Kier alpha value is -1.70. The molecule has 0 aliphatic carbocycles. The molecular weight excluding hydrogens is 604 g/mol. The Kier molecular flexibility index (Phi) is 16.0. The number of carbonyl (C=O) groups is 2. The summed E-state index contributed by atoms with van der Waals surface area (Å²) < 4.78 is 18.5. The summed E-state index contributed by atoms with van der Waals surface area (Å²) in [6, 6.07) is -0.649. The van der Waals surface area contributed by atoms with Gasteiger partial charge in [0, 0.05) is 17.8 Å². The minimum Gasteiger partial charge on any atom is -0.462 e. The fourth-order valence-corrected chi connectivity index (χ4v) is 7.39. The molecule has 11 nitrogen and oxygen atoms in total. The molecule has 3 aliphatic heterocycles. The number of aliphatic hydroxyl groups is 4. The Balaban J connectivity index is 2.02. The molecule has 1 unspecified atom stereocenters. The molecule has 11 heteroatoms. The maximum Gasteiger partial charge on any atom is 0.308 e. The van der Waals surface area contributed by atoms with Gasteiger partial charge >= 0.3 is 5.97 Å². The van der Waals surface area contributed by atoms with E-state index in [1.54, 1.807) is 38.1 Å². The number of likely N-dealkylation sites (tertiary alicyclic amines) is 1. The van der Waals surface area contributed by atoms with Crippen LogP contribution in [-0.4, -0.2) is 131 Å². The zero-order valence-electron chi connectivity index (χ0n) is 29.7. The lowest BCUT2D eigenvalue weighted by molar-refractivity contribution is -0.304. The van der Waals surface area contributed by atoms with Gasteiger partial charge in [0.05, 0.1) is 43.5 Å². The van der Waals surface area contributed by atoms with Crippen molar-refractivity contribution in [1.82, 2.24) is 9.80 Å². The van der Waals surface area contributed by atoms with Gasteiger partial charge in [0.2, 0.25) is 0 Å². The molecule has 0 saturated carbocycles. The van der Waals surface area contributed by atoms with Crippen LogP contribution in [0.2, 0.25) is 0 Å². The summed E-state index contributed by atoms with van der Waals surface area (Å²) in [4.78, 5) is 30.9. The van der Waals surface area contributed by atoms with Crippen LogP contribution >= 0.6 is 0 Å². The van der Waals surface area contributed by atoms with E-state index in [1.807, 2.05) is 33.8 Å². The van der Waals surface area contributed by atoms with Crippen molar-refractivity contribution in [3.05, 3.63) is 23.8 Å². The lowest BCUT2D eigenvalue weighted by atomic mass is 9.79. The molecule has 3 rings (SSSR count). The highest BCUT2D eigenvalue weighted by molar-refractivity contribution is 5.91. The molecule has 2 saturated heterocycles. The molecule has 0 spiro atoms. The second-order valence-electron chi connectivity index (χ2n) is 14.4. The molecule has 4 N–H and O–H groups in total. The second-order valence-corrected chi connectivity index (χ2v) is 14.4. The van der Waals surface area contributed by atoms with Gasteiger partial charge in [-0.2, -0.15) is 0 Å². The number of ketones is 1. The Labute approximate surface area is 281 Å². The smallest absolute Gasteiger partial charge is 0.308 e. The van der Waals surface area contributed by atoms with Crippen LogP contribution < -0.4 is 0 Å². The fraction of sp³-hybridized carbons (Fsp3) is 0.833. The second kappa shape index (κ2) is 18.9. The van der Waals surface area contributed by atoms with Crippen molar-refractivity contribution in [1.29, 1.82) is 0 Å². The molecule has 3 aliphatic rings. The van der Waals surface area contributed by atoms with E-state index in [2.05, 4.69) is 4.90 Å². The quantitative estimate of drug-likeness (QED) is 0.284. The summed E-state index contributed by atoms with van der Waals surface area (Å²) in [7, 11) is 3.56. The molecular formula is C36H62N2O9. The van der Waals surface area contributed by atoms with Crippen LogP contribution in [0.15, 0.2) is 23.8 Å².